The van der Waals surface area contributed by atoms with Crippen LogP contribution in [0.4, 0.5) is 0 Å². The van der Waals surface area contributed by atoms with Crippen molar-refractivity contribution in [1.29, 1.82) is 0 Å². The molecule has 1 unspecified atom stereocenters. The minimum absolute atomic E-state index is 0.106. The molecule has 1 aromatic carbocycles. The highest BCUT2D eigenvalue weighted by Gasteiger charge is 2.42. The van der Waals surface area contributed by atoms with Crippen LogP contribution in [0.3, 0.4) is 0 Å². The lowest BCUT2D eigenvalue weighted by Gasteiger charge is -2.26. The Morgan fingerprint density at radius 1 is 1.38 bits per heavy atom. The lowest BCUT2D eigenvalue weighted by Crippen LogP contribution is -2.17. The maximum Gasteiger partial charge on any atom is 0.341 e. The average Bonchev–Trinajstić information content (AvgIpc) is 2.82. The number of ketones is 1. The van der Waals surface area contributed by atoms with Crippen LogP contribution in [0, 0.1) is 11.8 Å². The Morgan fingerprint density at radius 2 is 2.08 bits per heavy atom. The van der Waals surface area contributed by atoms with E-state index in [1.165, 1.54) is 0 Å². The van der Waals surface area contributed by atoms with Gasteiger partial charge in [0.25, 0.3) is 0 Å². The van der Waals surface area contributed by atoms with E-state index >= 15 is 0 Å². The standard InChI is InChI=1S/C18H18Cl2O4/c1-8(2)15-10-4-3-9(21)5-11(10)16-12(15)6-13(17(19)18(16)20)24-7-14(22)23/h5-6,8,10,15H,3-4,7H2,1-2H3,(H,22,23)/t10?,15-/m1/s1. The van der Waals surface area contributed by atoms with Gasteiger partial charge in [0, 0.05) is 12.0 Å². The summed E-state index contributed by atoms with van der Waals surface area (Å²) in [5, 5.41) is 9.35. The molecule has 6 heteroatoms. The predicted molar refractivity (Wildman–Crippen MR) is 92.9 cm³/mol. The van der Waals surface area contributed by atoms with Crippen molar-refractivity contribution in [2.45, 2.75) is 32.6 Å². The van der Waals surface area contributed by atoms with Crippen molar-refractivity contribution in [2.24, 2.45) is 11.8 Å². The van der Waals surface area contributed by atoms with Gasteiger partial charge < -0.3 is 9.84 Å². The number of fused-ring (bicyclic) bond motifs is 3. The number of aliphatic carboxylic acids is 1. The number of rotatable bonds is 4. The SMILES string of the molecule is CC(C)[C@H]1c2cc(OCC(=O)O)c(Cl)c(Cl)c2C2=CC(=O)CCC21. The zero-order valence-corrected chi connectivity index (χ0v) is 14.9. The number of halogens is 2. The molecular formula is C18H18Cl2O4. The Morgan fingerprint density at radius 3 is 2.71 bits per heavy atom. The van der Waals surface area contributed by atoms with E-state index in [1.807, 2.05) is 0 Å². The maximum absolute atomic E-state index is 11.9. The van der Waals surface area contributed by atoms with Crippen LogP contribution in [0.5, 0.6) is 5.75 Å². The van der Waals surface area contributed by atoms with Crippen LogP contribution in [0.1, 0.15) is 43.7 Å². The van der Waals surface area contributed by atoms with E-state index in [0.717, 1.165) is 23.1 Å². The zero-order chi connectivity index (χ0) is 17.6. The molecule has 1 N–H and O–H groups in total. The molecule has 128 valence electrons. The number of allylic oxidation sites excluding steroid dienone is 2. The van der Waals surface area contributed by atoms with Gasteiger partial charge in [-0.1, -0.05) is 37.0 Å². The second-order valence-corrected chi connectivity index (χ2v) is 7.39. The van der Waals surface area contributed by atoms with Gasteiger partial charge in [0.1, 0.15) is 10.8 Å². The van der Waals surface area contributed by atoms with Gasteiger partial charge in [-0.05, 0) is 47.5 Å². The molecular weight excluding hydrogens is 351 g/mol. The number of ether oxygens (including phenoxy) is 1. The van der Waals surface area contributed by atoms with Crippen LogP contribution in [0.15, 0.2) is 12.1 Å². The fraction of sp³-hybridized carbons (Fsp3) is 0.444. The van der Waals surface area contributed by atoms with Gasteiger partial charge in [0.2, 0.25) is 0 Å². The Kier molecular flexibility index (Phi) is 4.63. The van der Waals surface area contributed by atoms with Crippen molar-refractivity contribution in [2.75, 3.05) is 6.61 Å². The number of carbonyl (C=O) groups excluding carboxylic acids is 1. The highest BCUT2D eigenvalue weighted by Crippen LogP contribution is 2.57. The molecule has 0 fully saturated rings. The number of carboxylic acid groups (broad SMARTS) is 1. The first-order valence-corrected chi connectivity index (χ1v) is 8.68. The first-order chi connectivity index (χ1) is 11.3. The number of benzene rings is 1. The molecule has 2 aliphatic carbocycles. The van der Waals surface area contributed by atoms with Crippen molar-refractivity contribution in [3.05, 3.63) is 33.3 Å². The fourth-order valence-electron chi connectivity index (χ4n) is 3.90. The third-order valence-electron chi connectivity index (χ3n) is 4.77. The number of carboxylic acids is 1. The van der Waals surface area contributed by atoms with Crippen LogP contribution in [-0.2, 0) is 9.59 Å². The molecule has 0 aliphatic heterocycles. The summed E-state index contributed by atoms with van der Waals surface area (Å²) in [6.45, 7) is 3.79. The molecule has 0 saturated carbocycles. The highest BCUT2D eigenvalue weighted by atomic mass is 35.5. The van der Waals surface area contributed by atoms with Crippen LogP contribution >= 0.6 is 23.2 Å². The minimum atomic E-state index is -1.08. The van der Waals surface area contributed by atoms with Crippen molar-refractivity contribution >= 4 is 40.5 Å². The van der Waals surface area contributed by atoms with Crippen molar-refractivity contribution in [1.82, 2.24) is 0 Å². The molecule has 0 radical (unpaired) electrons. The summed E-state index contributed by atoms with van der Waals surface area (Å²) in [7, 11) is 0. The molecule has 24 heavy (non-hydrogen) atoms. The zero-order valence-electron chi connectivity index (χ0n) is 13.4. The van der Waals surface area contributed by atoms with E-state index in [-0.39, 0.29) is 28.4 Å². The van der Waals surface area contributed by atoms with Crippen molar-refractivity contribution in [3.8, 4) is 5.75 Å². The molecule has 0 spiro atoms. The van der Waals surface area contributed by atoms with Crippen LogP contribution in [-0.4, -0.2) is 23.5 Å². The highest BCUT2D eigenvalue weighted by molar-refractivity contribution is 6.44. The van der Waals surface area contributed by atoms with Crippen molar-refractivity contribution in [3.63, 3.8) is 0 Å². The molecule has 0 saturated heterocycles. The summed E-state index contributed by atoms with van der Waals surface area (Å²) in [5.74, 6) is 0.0961. The van der Waals surface area contributed by atoms with E-state index in [2.05, 4.69) is 13.8 Å². The molecule has 0 heterocycles. The maximum atomic E-state index is 11.9. The quantitative estimate of drug-likeness (QED) is 0.844. The Balaban J connectivity index is 2.16. The van der Waals surface area contributed by atoms with Gasteiger partial charge in [0.05, 0.1) is 5.02 Å². The van der Waals surface area contributed by atoms with E-state index in [4.69, 9.17) is 33.0 Å². The molecule has 0 bridgehead atoms. The first kappa shape index (κ1) is 17.3. The number of hydrogen-bond acceptors (Lipinski definition) is 3. The normalized spacial score (nSPS) is 22.2. The molecule has 0 aromatic heterocycles. The van der Waals surface area contributed by atoms with E-state index in [1.54, 1.807) is 12.1 Å². The third-order valence-corrected chi connectivity index (χ3v) is 5.62. The Bertz CT molecular complexity index is 752. The monoisotopic (exact) mass is 368 g/mol. The Hall–Kier alpha value is -1.52. The largest absolute Gasteiger partial charge is 0.480 e. The average molecular weight is 369 g/mol. The van der Waals surface area contributed by atoms with Crippen LogP contribution in [0.2, 0.25) is 10.0 Å². The molecule has 3 rings (SSSR count). The van der Waals surface area contributed by atoms with Crippen LogP contribution < -0.4 is 4.74 Å². The van der Waals surface area contributed by atoms with E-state index < -0.39 is 12.6 Å². The molecule has 1 aromatic rings. The topological polar surface area (TPSA) is 63.6 Å². The Labute approximate surface area is 150 Å². The van der Waals surface area contributed by atoms with Gasteiger partial charge in [-0.15, -0.1) is 0 Å². The number of carbonyl (C=O) groups is 2. The molecule has 4 nitrogen and oxygen atoms in total. The third kappa shape index (κ3) is 2.82. The van der Waals surface area contributed by atoms with Gasteiger partial charge in [0.15, 0.2) is 12.4 Å². The first-order valence-electron chi connectivity index (χ1n) is 7.92. The van der Waals surface area contributed by atoms with Crippen LogP contribution in [0.25, 0.3) is 5.57 Å². The van der Waals surface area contributed by atoms with E-state index in [9.17, 15) is 9.59 Å². The lowest BCUT2D eigenvalue weighted by atomic mass is 9.77. The second-order valence-electron chi connectivity index (χ2n) is 6.63. The second kappa shape index (κ2) is 6.41. The van der Waals surface area contributed by atoms with Gasteiger partial charge >= 0.3 is 5.97 Å². The van der Waals surface area contributed by atoms with E-state index in [0.29, 0.717) is 17.4 Å². The molecule has 2 atom stereocenters. The molecule has 2 aliphatic rings. The van der Waals surface area contributed by atoms with Gasteiger partial charge in [-0.3, -0.25) is 4.79 Å². The summed E-state index contributed by atoms with van der Waals surface area (Å²) in [6.07, 6.45) is 3.02. The number of hydrogen-bond donors (Lipinski definition) is 1. The predicted octanol–water partition coefficient (Wildman–Crippen LogP) is 4.57. The fourth-order valence-corrected chi connectivity index (χ4v) is 4.41. The lowest BCUT2D eigenvalue weighted by molar-refractivity contribution is -0.139. The summed E-state index contributed by atoms with van der Waals surface area (Å²) in [4.78, 5) is 22.7. The summed E-state index contributed by atoms with van der Waals surface area (Å²) >= 11 is 12.8. The summed E-state index contributed by atoms with van der Waals surface area (Å²) < 4.78 is 5.30. The smallest absolute Gasteiger partial charge is 0.341 e. The summed E-state index contributed by atoms with van der Waals surface area (Å²) in [5.41, 5.74) is 2.77. The molecule has 0 amide bonds. The van der Waals surface area contributed by atoms with Gasteiger partial charge in [-0.25, -0.2) is 4.79 Å². The minimum Gasteiger partial charge on any atom is -0.480 e. The van der Waals surface area contributed by atoms with Gasteiger partial charge in [-0.2, -0.15) is 0 Å². The summed E-state index contributed by atoms with van der Waals surface area (Å²) in [6, 6.07) is 1.79. The van der Waals surface area contributed by atoms with Crippen molar-refractivity contribution < 1.29 is 19.4 Å².